The number of carbonyl (C=O) groups is 1. The molecule has 2 aromatic carbocycles. The summed E-state index contributed by atoms with van der Waals surface area (Å²) >= 11 is 0. The van der Waals surface area contributed by atoms with Gasteiger partial charge in [0.15, 0.2) is 0 Å². The normalized spacial score (nSPS) is 18.2. The van der Waals surface area contributed by atoms with Crippen LogP contribution in [0.2, 0.25) is 0 Å². The van der Waals surface area contributed by atoms with Crippen molar-refractivity contribution in [3.63, 3.8) is 0 Å². The molecule has 0 unspecified atom stereocenters. The van der Waals surface area contributed by atoms with Crippen LogP contribution in [0.25, 0.3) is 12.2 Å². The van der Waals surface area contributed by atoms with Crippen LogP contribution in [0.3, 0.4) is 0 Å². The van der Waals surface area contributed by atoms with Crippen LogP contribution in [0.5, 0.6) is 0 Å². The minimum atomic E-state index is -0.455. The zero-order chi connectivity index (χ0) is 31.3. The summed E-state index contributed by atoms with van der Waals surface area (Å²) in [6.07, 6.45) is 15.7. The molecule has 2 amide bonds. The average molecular weight is 597 g/mol. The standard InChI is InChI=1S/C37H52N6O/c1-36(2,29-42-25-13-7-14-26-42)33(23-21-31-17-9-5-10-18-31)38-40-35(44)41-39-34(24-22-32-19-11-6-12-20-32)37(3,4)30-43-27-15-8-16-28-43/h5-6,9-12,17-24H,7-8,13-16,25-30H2,1-4H3,(H2,40,41,44). The summed E-state index contributed by atoms with van der Waals surface area (Å²) in [6, 6.07) is 19.9. The number of carbonyl (C=O) groups excluding carboxylic acids is 1. The Balaban J connectivity index is 1.51. The predicted octanol–water partition coefficient (Wildman–Crippen LogP) is 7.45. The number of hydrogen-bond donors (Lipinski definition) is 2. The summed E-state index contributed by atoms with van der Waals surface area (Å²) in [4.78, 5) is 18.1. The maximum atomic E-state index is 13.1. The van der Waals surface area contributed by atoms with E-state index >= 15 is 0 Å². The number of nitrogens with zero attached hydrogens (tertiary/aromatic N) is 4. The van der Waals surface area contributed by atoms with Gasteiger partial charge in [-0.2, -0.15) is 10.2 Å². The van der Waals surface area contributed by atoms with Crippen molar-refractivity contribution in [1.29, 1.82) is 0 Å². The molecule has 2 saturated heterocycles. The summed E-state index contributed by atoms with van der Waals surface area (Å²) < 4.78 is 0. The van der Waals surface area contributed by atoms with E-state index in [0.29, 0.717) is 0 Å². The third-order valence-corrected chi connectivity index (χ3v) is 8.54. The van der Waals surface area contributed by atoms with E-state index in [1.54, 1.807) is 0 Å². The molecule has 7 heteroatoms. The Kier molecular flexibility index (Phi) is 12.5. The molecule has 2 heterocycles. The first-order valence-corrected chi connectivity index (χ1v) is 16.3. The number of hydrazone groups is 2. The Morgan fingerprint density at radius 3 is 1.36 bits per heavy atom. The largest absolute Gasteiger partial charge is 0.355 e. The molecule has 2 aliphatic rings. The van der Waals surface area contributed by atoms with Crippen LogP contribution in [0.1, 0.15) is 77.3 Å². The van der Waals surface area contributed by atoms with E-state index in [1.165, 1.54) is 38.5 Å². The van der Waals surface area contributed by atoms with Crippen LogP contribution in [-0.4, -0.2) is 66.5 Å². The van der Waals surface area contributed by atoms with Crippen LogP contribution in [-0.2, 0) is 0 Å². The van der Waals surface area contributed by atoms with Gasteiger partial charge in [0.05, 0.1) is 11.4 Å². The molecule has 0 aliphatic carbocycles. The second-order valence-electron chi connectivity index (χ2n) is 13.5. The summed E-state index contributed by atoms with van der Waals surface area (Å²) in [7, 11) is 0. The van der Waals surface area contributed by atoms with Gasteiger partial charge >= 0.3 is 6.03 Å². The summed E-state index contributed by atoms with van der Waals surface area (Å²) in [5.74, 6) is 0. The first kappa shape index (κ1) is 33.3. The topological polar surface area (TPSA) is 72.3 Å². The van der Waals surface area contributed by atoms with Crippen molar-refractivity contribution in [2.45, 2.75) is 66.2 Å². The summed E-state index contributed by atoms with van der Waals surface area (Å²) in [5.41, 5.74) is 8.80. The highest BCUT2D eigenvalue weighted by Crippen LogP contribution is 2.25. The van der Waals surface area contributed by atoms with Gasteiger partial charge in [-0.05, 0) is 75.1 Å². The number of nitrogens with one attached hydrogen (secondary N) is 2. The molecule has 2 aromatic rings. The number of piperidine rings is 2. The lowest BCUT2D eigenvalue weighted by Gasteiger charge is -2.35. The minimum absolute atomic E-state index is 0.265. The molecule has 7 nitrogen and oxygen atoms in total. The quantitative estimate of drug-likeness (QED) is 0.198. The first-order valence-electron chi connectivity index (χ1n) is 16.3. The number of likely N-dealkylation sites (tertiary alicyclic amines) is 2. The molecule has 4 rings (SSSR count). The molecular formula is C37H52N6O. The van der Waals surface area contributed by atoms with Crippen molar-refractivity contribution < 1.29 is 4.79 Å². The highest BCUT2D eigenvalue weighted by molar-refractivity contribution is 6.03. The van der Waals surface area contributed by atoms with Crippen molar-refractivity contribution >= 4 is 29.6 Å². The second-order valence-corrected chi connectivity index (χ2v) is 13.5. The highest BCUT2D eigenvalue weighted by atomic mass is 16.2. The Labute approximate surface area is 265 Å². The fourth-order valence-electron chi connectivity index (χ4n) is 6.07. The predicted molar refractivity (Wildman–Crippen MR) is 186 cm³/mol. The lowest BCUT2D eigenvalue weighted by Crippen LogP contribution is -2.43. The van der Waals surface area contributed by atoms with Gasteiger partial charge in [-0.25, -0.2) is 15.6 Å². The van der Waals surface area contributed by atoms with Gasteiger partial charge in [0.2, 0.25) is 0 Å². The molecule has 44 heavy (non-hydrogen) atoms. The first-order chi connectivity index (χ1) is 21.2. The molecule has 2 N–H and O–H groups in total. The average Bonchev–Trinajstić information content (AvgIpc) is 3.02. The van der Waals surface area contributed by atoms with Crippen molar-refractivity contribution in [1.82, 2.24) is 20.7 Å². The Bertz CT molecular complexity index is 1180. The van der Waals surface area contributed by atoms with E-state index < -0.39 is 6.03 Å². The van der Waals surface area contributed by atoms with E-state index in [9.17, 15) is 4.79 Å². The third-order valence-electron chi connectivity index (χ3n) is 8.54. The molecule has 236 valence electrons. The summed E-state index contributed by atoms with van der Waals surface area (Å²) in [5, 5.41) is 9.30. The number of benzene rings is 2. The molecule has 0 saturated carbocycles. The maximum absolute atomic E-state index is 13.1. The number of amides is 2. The Hall–Kier alpha value is -3.55. The molecule has 0 radical (unpaired) electrons. The van der Waals surface area contributed by atoms with Crippen LogP contribution in [0.4, 0.5) is 4.79 Å². The number of rotatable bonds is 12. The third kappa shape index (κ3) is 10.9. The second kappa shape index (κ2) is 16.5. The molecule has 2 fully saturated rings. The number of allylic oxidation sites excluding steroid dienone is 2. The Morgan fingerprint density at radius 1 is 0.636 bits per heavy atom. The fraction of sp³-hybridized carbons (Fsp3) is 0.486. The van der Waals surface area contributed by atoms with E-state index in [1.807, 2.05) is 48.6 Å². The number of hydrogen-bond acceptors (Lipinski definition) is 5. The van der Waals surface area contributed by atoms with Crippen molar-refractivity contribution in [2.24, 2.45) is 21.0 Å². The van der Waals surface area contributed by atoms with Gasteiger partial charge in [-0.3, -0.25) is 0 Å². The van der Waals surface area contributed by atoms with Crippen LogP contribution >= 0.6 is 0 Å². The van der Waals surface area contributed by atoms with Crippen molar-refractivity contribution in [3.8, 4) is 0 Å². The van der Waals surface area contributed by atoms with Crippen molar-refractivity contribution in [2.75, 3.05) is 39.3 Å². The van der Waals surface area contributed by atoms with Gasteiger partial charge < -0.3 is 9.80 Å². The maximum Gasteiger partial charge on any atom is 0.355 e. The van der Waals surface area contributed by atoms with Gasteiger partial charge in [-0.15, -0.1) is 0 Å². The number of urea groups is 1. The zero-order valence-corrected chi connectivity index (χ0v) is 27.3. The van der Waals surface area contributed by atoms with Gasteiger partial charge in [0.1, 0.15) is 0 Å². The summed E-state index contributed by atoms with van der Waals surface area (Å²) in [6.45, 7) is 15.0. The lowest BCUT2D eigenvalue weighted by atomic mass is 9.85. The van der Waals surface area contributed by atoms with Gasteiger partial charge in [0.25, 0.3) is 0 Å². The van der Waals surface area contributed by atoms with E-state index in [2.05, 4.69) is 95.0 Å². The van der Waals surface area contributed by atoms with E-state index in [4.69, 9.17) is 0 Å². The van der Waals surface area contributed by atoms with E-state index in [-0.39, 0.29) is 10.8 Å². The lowest BCUT2D eigenvalue weighted by molar-refractivity contribution is 0.186. The molecule has 0 aromatic heterocycles. The van der Waals surface area contributed by atoms with E-state index in [0.717, 1.165) is 61.8 Å². The van der Waals surface area contributed by atoms with Gasteiger partial charge in [-0.1, -0.05) is 113 Å². The smallest absolute Gasteiger partial charge is 0.302 e. The molecule has 0 atom stereocenters. The molecule has 2 aliphatic heterocycles. The minimum Gasteiger partial charge on any atom is -0.302 e. The monoisotopic (exact) mass is 596 g/mol. The SMILES string of the molecule is CC(C)(CN1CCCCC1)C(C=Cc1ccccc1)=NNC(=O)NN=C(C=Cc1ccccc1)C(C)(C)CN1CCCCC1. The zero-order valence-electron chi connectivity index (χ0n) is 27.3. The van der Waals surface area contributed by atoms with Crippen LogP contribution in [0.15, 0.2) is 83.0 Å². The molecular weight excluding hydrogens is 544 g/mol. The highest BCUT2D eigenvalue weighted by Gasteiger charge is 2.29. The Morgan fingerprint density at radius 2 is 1.00 bits per heavy atom. The van der Waals surface area contributed by atoms with Gasteiger partial charge in [0, 0.05) is 23.9 Å². The fourth-order valence-corrected chi connectivity index (χ4v) is 6.07. The van der Waals surface area contributed by atoms with Crippen molar-refractivity contribution in [3.05, 3.63) is 83.9 Å². The molecule has 0 spiro atoms. The van der Waals surface area contributed by atoms with Crippen LogP contribution in [0, 0.1) is 10.8 Å². The van der Waals surface area contributed by atoms with Crippen LogP contribution < -0.4 is 10.9 Å². The molecule has 0 bridgehead atoms.